The van der Waals surface area contributed by atoms with Crippen molar-refractivity contribution >= 4 is 9.84 Å². The Labute approximate surface area is 87.2 Å². The van der Waals surface area contributed by atoms with Crippen LogP contribution in [-0.4, -0.2) is 33.0 Å². The van der Waals surface area contributed by atoms with E-state index < -0.39 is 9.84 Å². The maximum Gasteiger partial charge on any atom is 0.152 e. The molecular formula is C10H21NO2S. The number of sulfone groups is 1. The first-order valence-corrected chi connectivity index (χ1v) is 7.14. The van der Waals surface area contributed by atoms with Gasteiger partial charge in [-0.3, -0.25) is 0 Å². The highest BCUT2D eigenvalue weighted by Gasteiger charge is 2.33. The first kappa shape index (κ1) is 12.0. The van der Waals surface area contributed by atoms with Crippen molar-refractivity contribution in [2.45, 2.75) is 32.7 Å². The van der Waals surface area contributed by atoms with Gasteiger partial charge in [0, 0.05) is 6.04 Å². The molecule has 1 unspecified atom stereocenters. The van der Waals surface area contributed by atoms with Gasteiger partial charge in [-0.05, 0) is 31.7 Å². The molecule has 84 valence electrons. The Morgan fingerprint density at radius 1 is 1.29 bits per heavy atom. The van der Waals surface area contributed by atoms with Crippen LogP contribution in [0.3, 0.4) is 0 Å². The van der Waals surface area contributed by atoms with Gasteiger partial charge in [0.05, 0.1) is 11.5 Å². The normalized spacial score (nSPS) is 20.0. The molecular weight excluding hydrogens is 198 g/mol. The molecule has 0 spiro atoms. The first-order chi connectivity index (χ1) is 6.44. The summed E-state index contributed by atoms with van der Waals surface area (Å²) in [4.78, 5) is 0. The van der Waals surface area contributed by atoms with Crippen LogP contribution >= 0.6 is 0 Å². The lowest BCUT2D eigenvalue weighted by Gasteiger charge is -2.16. The molecule has 0 amide bonds. The van der Waals surface area contributed by atoms with Gasteiger partial charge < -0.3 is 5.32 Å². The lowest BCUT2D eigenvalue weighted by Crippen LogP contribution is -2.36. The fraction of sp³-hybridized carbons (Fsp3) is 1.00. The zero-order chi connectivity index (χ0) is 10.8. The molecule has 1 saturated carbocycles. The summed E-state index contributed by atoms with van der Waals surface area (Å²) in [6.07, 6.45) is 2.37. The van der Waals surface area contributed by atoms with E-state index in [1.165, 1.54) is 12.8 Å². The molecule has 1 rings (SSSR count). The Bertz CT molecular complexity index is 268. The minimum absolute atomic E-state index is 0.179. The molecule has 0 radical (unpaired) electrons. The van der Waals surface area contributed by atoms with Crippen molar-refractivity contribution in [3.63, 3.8) is 0 Å². The van der Waals surface area contributed by atoms with E-state index in [1.54, 1.807) is 0 Å². The lowest BCUT2D eigenvalue weighted by atomic mass is 10.2. The summed E-state index contributed by atoms with van der Waals surface area (Å²) in [6, 6.07) is 0.179. The number of rotatable bonds is 6. The van der Waals surface area contributed by atoms with E-state index in [4.69, 9.17) is 0 Å². The van der Waals surface area contributed by atoms with E-state index in [1.807, 2.05) is 20.9 Å². The molecule has 0 aromatic carbocycles. The third-order valence-electron chi connectivity index (χ3n) is 2.58. The van der Waals surface area contributed by atoms with E-state index in [0.29, 0.717) is 17.4 Å². The minimum Gasteiger partial charge on any atom is -0.316 e. The maximum absolute atomic E-state index is 11.7. The Balaban J connectivity index is 2.47. The van der Waals surface area contributed by atoms with Gasteiger partial charge in [0.15, 0.2) is 9.84 Å². The smallest absolute Gasteiger partial charge is 0.152 e. The van der Waals surface area contributed by atoms with Gasteiger partial charge in [-0.1, -0.05) is 13.8 Å². The van der Waals surface area contributed by atoms with Crippen LogP contribution in [0.5, 0.6) is 0 Å². The van der Waals surface area contributed by atoms with Crippen LogP contribution in [0.25, 0.3) is 0 Å². The summed E-state index contributed by atoms with van der Waals surface area (Å²) >= 11 is 0. The molecule has 1 N–H and O–H groups in total. The van der Waals surface area contributed by atoms with Gasteiger partial charge in [-0.25, -0.2) is 8.42 Å². The molecule has 3 nitrogen and oxygen atoms in total. The van der Waals surface area contributed by atoms with E-state index >= 15 is 0 Å². The van der Waals surface area contributed by atoms with Gasteiger partial charge in [-0.2, -0.15) is 0 Å². The molecule has 0 aromatic rings. The lowest BCUT2D eigenvalue weighted by molar-refractivity contribution is 0.523. The Morgan fingerprint density at radius 2 is 1.86 bits per heavy atom. The fourth-order valence-electron chi connectivity index (χ4n) is 1.80. The van der Waals surface area contributed by atoms with E-state index in [0.717, 1.165) is 0 Å². The van der Waals surface area contributed by atoms with Crippen LogP contribution in [0.4, 0.5) is 0 Å². The van der Waals surface area contributed by atoms with Gasteiger partial charge in [0.2, 0.25) is 0 Å². The third kappa shape index (κ3) is 3.96. The second-order valence-electron chi connectivity index (χ2n) is 4.70. The fourth-order valence-corrected chi connectivity index (χ4v) is 3.94. The predicted molar refractivity (Wildman–Crippen MR) is 59.1 cm³/mol. The molecule has 0 heterocycles. The molecule has 14 heavy (non-hydrogen) atoms. The molecule has 0 saturated heterocycles. The zero-order valence-electron chi connectivity index (χ0n) is 9.29. The van der Waals surface area contributed by atoms with Crippen molar-refractivity contribution in [3.05, 3.63) is 0 Å². The molecule has 1 aliphatic rings. The summed E-state index contributed by atoms with van der Waals surface area (Å²) in [7, 11) is -1.00. The van der Waals surface area contributed by atoms with Crippen LogP contribution in [0.15, 0.2) is 0 Å². The van der Waals surface area contributed by atoms with Crippen LogP contribution in [0, 0.1) is 11.8 Å². The zero-order valence-corrected chi connectivity index (χ0v) is 10.1. The largest absolute Gasteiger partial charge is 0.316 e. The van der Waals surface area contributed by atoms with E-state index in [-0.39, 0.29) is 12.0 Å². The monoisotopic (exact) mass is 219 g/mol. The Hall–Kier alpha value is -0.0900. The second-order valence-corrected chi connectivity index (χ2v) is 6.86. The molecule has 0 aromatic heterocycles. The van der Waals surface area contributed by atoms with Crippen LogP contribution < -0.4 is 5.32 Å². The predicted octanol–water partition coefficient (Wildman–Crippen LogP) is 1.06. The van der Waals surface area contributed by atoms with Gasteiger partial charge in [0.25, 0.3) is 0 Å². The number of nitrogens with one attached hydrogen (secondary N) is 1. The highest BCUT2D eigenvalue weighted by Crippen LogP contribution is 2.33. The van der Waals surface area contributed by atoms with Crippen molar-refractivity contribution in [1.29, 1.82) is 0 Å². The average molecular weight is 219 g/mol. The topological polar surface area (TPSA) is 46.2 Å². The van der Waals surface area contributed by atoms with Gasteiger partial charge >= 0.3 is 0 Å². The summed E-state index contributed by atoms with van der Waals surface area (Å²) in [5.41, 5.74) is 0. The SMILES string of the molecule is CNC(CS(=O)(=O)CC(C)C)C1CC1. The van der Waals surface area contributed by atoms with Crippen LogP contribution in [0.1, 0.15) is 26.7 Å². The summed E-state index contributed by atoms with van der Waals surface area (Å²) in [5, 5.41) is 3.11. The Morgan fingerprint density at radius 3 is 2.21 bits per heavy atom. The summed E-state index contributed by atoms with van der Waals surface area (Å²) < 4.78 is 23.4. The van der Waals surface area contributed by atoms with E-state index in [2.05, 4.69) is 5.32 Å². The standard InChI is InChI=1S/C10H21NO2S/c1-8(2)6-14(12,13)7-10(11-3)9-4-5-9/h8-11H,4-7H2,1-3H3. The highest BCUT2D eigenvalue weighted by molar-refractivity contribution is 7.91. The molecule has 0 bridgehead atoms. The first-order valence-electron chi connectivity index (χ1n) is 5.32. The molecule has 1 atom stereocenters. The van der Waals surface area contributed by atoms with Gasteiger partial charge in [-0.15, -0.1) is 0 Å². The van der Waals surface area contributed by atoms with Crippen molar-refractivity contribution in [1.82, 2.24) is 5.32 Å². The molecule has 1 aliphatic carbocycles. The third-order valence-corrected chi connectivity index (χ3v) is 4.62. The summed E-state index contributed by atoms with van der Waals surface area (Å²) in [5.74, 6) is 1.46. The number of hydrogen-bond donors (Lipinski definition) is 1. The Kier molecular flexibility index (Phi) is 3.95. The van der Waals surface area contributed by atoms with Crippen molar-refractivity contribution in [3.8, 4) is 0 Å². The minimum atomic E-state index is -2.86. The van der Waals surface area contributed by atoms with Crippen molar-refractivity contribution < 1.29 is 8.42 Å². The average Bonchev–Trinajstić information content (AvgIpc) is 2.79. The number of hydrogen-bond acceptors (Lipinski definition) is 3. The van der Waals surface area contributed by atoms with Crippen molar-refractivity contribution in [2.75, 3.05) is 18.6 Å². The molecule has 0 aliphatic heterocycles. The summed E-state index contributed by atoms with van der Waals surface area (Å²) in [6.45, 7) is 3.89. The van der Waals surface area contributed by atoms with Crippen LogP contribution in [0.2, 0.25) is 0 Å². The van der Waals surface area contributed by atoms with Crippen LogP contribution in [-0.2, 0) is 9.84 Å². The van der Waals surface area contributed by atoms with Gasteiger partial charge in [0.1, 0.15) is 0 Å². The maximum atomic E-state index is 11.7. The molecule has 4 heteroatoms. The molecule has 1 fully saturated rings. The van der Waals surface area contributed by atoms with E-state index in [9.17, 15) is 8.42 Å². The second kappa shape index (κ2) is 4.62. The van der Waals surface area contributed by atoms with Crippen molar-refractivity contribution in [2.24, 2.45) is 11.8 Å². The highest BCUT2D eigenvalue weighted by atomic mass is 32.2. The quantitative estimate of drug-likeness (QED) is 0.726.